The molecule has 1 radical (unpaired) electrons. The Morgan fingerprint density at radius 1 is 1.62 bits per heavy atom. The van der Waals surface area contributed by atoms with Crippen LogP contribution in [-0.2, 0) is 0 Å². The molecule has 0 heterocycles. The average Bonchev–Trinajstić information content (AvgIpc) is 2.02. The largest absolute Gasteiger partial charge is 0.502 e. The second-order valence-corrected chi connectivity index (χ2v) is 2.87. The van der Waals surface area contributed by atoms with Gasteiger partial charge >= 0.3 is 5.69 Å². The molecule has 1 aromatic carbocycles. The van der Waals surface area contributed by atoms with Crippen LogP contribution in [0.5, 0.6) is 5.75 Å². The van der Waals surface area contributed by atoms with Crippen molar-refractivity contribution in [1.29, 1.82) is 0 Å². The van der Waals surface area contributed by atoms with Crippen molar-refractivity contribution in [1.82, 2.24) is 0 Å². The van der Waals surface area contributed by atoms with Gasteiger partial charge in [-0.15, -0.1) is 0 Å². The van der Waals surface area contributed by atoms with Gasteiger partial charge in [0.1, 0.15) is 0 Å². The van der Waals surface area contributed by atoms with Gasteiger partial charge in [-0.3, -0.25) is 10.1 Å². The van der Waals surface area contributed by atoms with Gasteiger partial charge in [0.05, 0.1) is 4.92 Å². The zero-order valence-corrected chi connectivity index (χ0v) is 7.23. The highest BCUT2D eigenvalue weighted by Gasteiger charge is 2.20. The Labute approximate surface area is 76.0 Å². The zero-order chi connectivity index (χ0) is 10.0. The second kappa shape index (κ2) is 3.43. The first kappa shape index (κ1) is 9.51. The van der Waals surface area contributed by atoms with Crippen LogP contribution < -0.4 is 0 Å². The van der Waals surface area contributed by atoms with E-state index in [1.165, 1.54) is 6.07 Å². The lowest BCUT2D eigenvalue weighted by Gasteiger charge is -2.06. The number of rotatable bonds is 2. The summed E-state index contributed by atoms with van der Waals surface area (Å²) in [5.41, 5.74) is 0.204. The predicted molar refractivity (Wildman–Crippen MR) is 48.5 cm³/mol. The van der Waals surface area contributed by atoms with Crippen molar-refractivity contribution in [2.24, 2.45) is 0 Å². The predicted octanol–water partition coefficient (Wildman–Crippen LogP) is 2.24. The standard InChI is InChI=1S/C9H10NO3/c1-6(2)7-4-3-5-8(11)9(7)10(12)13/h3-6,11H,1H2,2H3. The quantitative estimate of drug-likeness (QED) is 0.560. The summed E-state index contributed by atoms with van der Waals surface area (Å²) in [7, 11) is 0. The maximum Gasteiger partial charge on any atom is 0.314 e. The molecule has 0 aliphatic rings. The first-order valence-electron chi connectivity index (χ1n) is 3.83. The van der Waals surface area contributed by atoms with Crippen molar-refractivity contribution < 1.29 is 10.0 Å². The van der Waals surface area contributed by atoms with Crippen molar-refractivity contribution in [2.45, 2.75) is 12.8 Å². The summed E-state index contributed by atoms with van der Waals surface area (Å²) in [6, 6.07) is 4.46. The Kier molecular flexibility index (Phi) is 2.51. The monoisotopic (exact) mass is 180 g/mol. The molecule has 69 valence electrons. The number of phenolic OH excluding ortho intramolecular Hbond substituents is 1. The van der Waals surface area contributed by atoms with Crippen LogP contribution in [-0.4, -0.2) is 10.0 Å². The molecule has 0 amide bonds. The van der Waals surface area contributed by atoms with Crippen LogP contribution in [0.15, 0.2) is 18.2 Å². The highest BCUT2D eigenvalue weighted by atomic mass is 16.6. The number of phenols is 1. The average molecular weight is 180 g/mol. The van der Waals surface area contributed by atoms with Crippen molar-refractivity contribution in [3.63, 3.8) is 0 Å². The summed E-state index contributed by atoms with van der Waals surface area (Å²) in [6.45, 7) is 5.42. The van der Waals surface area contributed by atoms with E-state index in [1.807, 2.05) is 0 Å². The summed E-state index contributed by atoms with van der Waals surface area (Å²) in [5.74, 6) is -0.523. The van der Waals surface area contributed by atoms with E-state index in [0.29, 0.717) is 5.56 Å². The molecule has 0 spiro atoms. The molecule has 1 unspecified atom stereocenters. The Morgan fingerprint density at radius 2 is 2.23 bits per heavy atom. The topological polar surface area (TPSA) is 63.4 Å². The Hall–Kier alpha value is -1.58. The van der Waals surface area contributed by atoms with Gasteiger partial charge in [-0.2, -0.15) is 0 Å². The third-order valence-electron chi connectivity index (χ3n) is 1.76. The lowest BCUT2D eigenvalue weighted by molar-refractivity contribution is -0.386. The Balaban J connectivity index is 3.34. The van der Waals surface area contributed by atoms with E-state index in [4.69, 9.17) is 0 Å². The van der Waals surface area contributed by atoms with Gasteiger partial charge in [0.2, 0.25) is 0 Å². The van der Waals surface area contributed by atoms with Crippen LogP contribution in [0.25, 0.3) is 0 Å². The van der Waals surface area contributed by atoms with E-state index in [1.54, 1.807) is 19.1 Å². The minimum absolute atomic E-state index is 0.215. The Morgan fingerprint density at radius 3 is 2.62 bits per heavy atom. The van der Waals surface area contributed by atoms with Crippen LogP contribution in [0.2, 0.25) is 0 Å². The number of para-hydroxylation sites is 1. The van der Waals surface area contributed by atoms with E-state index in [9.17, 15) is 15.2 Å². The smallest absolute Gasteiger partial charge is 0.314 e. The SMILES string of the molecule is [CH2]C(C)c1cccc(O)c1[N+](=O)[O-]. The number of hydrogen-bond donors (Lipinski definition) is 1. The summed E-state index contributed by atoms with van der Waals surface area (Å²) in [4.78, 5) is 9.97. The molecule has 4 heteroatoms. The second-order valence-electron chi connectivity index (χ2n) is 2.87. The first-order valence-corrected chi connectivity index (χ1v) is 3.83. The number of benzene rings is 1. The summed E-state index contributed by atoms with van der Waals surface area (Å²) in [6.07, 6.45) is 0. The van der Waals surface area contributed by atoms with E-state index < -0.39 is 4.92 Å². The van der Waals surface area contributed by atoms with Crippen LogP contribution in [0.3, 0.4) is 0 Å². The number of nitro groups is 1. The lowest BCUT2D eigenvalue weighted by atomic mass is 10.0. The molecule has 1 atom stereocenters. The Bertz CT molecular complexity index is 334. The molecule has 1 aromatic rings. The van der Waals surface area contributed by atoms with Gasteiger partial charge in [-0.1, -0.05) is 19.1 Å². The van der Waals surface area contributed by atoms with Crippen molar-refractivity contribution in [3.05, 3.63) is 40.8 Å². The van der Waals surface area contributed by atoms with Gasteiger partial charge in [-0.25, -0.2) is 0 Å². The van der Waals surface area contributed by atoms with E-state index in [2.05, 4.69) is 6.92 Å². The third-order valence-corrected chi connectivity index (χ3v) is 1.76. The maximum absolute atomic E-state index is 10.6. The molecule has 0 saturated heterocycles. The van der Waals surface area contributed by atoms with Gasteiger partial charge in [-0.05, 0) is 18.9 Å². The molecular formula is C9H10NO3. The summed E-state index contributed by atoms with van der Waals surface area (Å²) >= 11 is 0. The molecule has 0 aliphatic heterocycles. The molecule has 0 bridgehead atoms. The van der Waals surface area contributed by atoms with Gasteiger partial charge < -0.3 is 5.11 Å². The van der Waals surface area contributed by atoms with E-state index in [0.717, 1.165) is 0 Å². The van der Waals surface area contributed by atoms with Crippen LogP contribution in [0, 0.1) is 17.0 Å². The maximum atomic E-state index is 10.6. The van der Waals surface area contributed by atoms with Gasteiger partial charge in [0, 0.05) is 5.56 Å². The lowest BCUT2D eigenvalue weighted by Crippen LogP contribution is -1.97. The molecule has 0 aromatic heterocycles. The summed E-state index contributed by atoms with van der Waals surface area (Å²) < 4.78 is 0. The number of aromatic hydroxyl groups is 1. The van der Waals surface area contributed by atoms with Crippen LogP contribution in [0.4, 0.5) is 5.69 Å². The van der Waals surface area contributed by atoms with Crippen LogP contribution >= 0.6 is 0 Å². The van der Waals surface area contributed by atoms with Crippen molar-refractivity contribution in [2.75, 3.05) is 0 Å². The molecule has 1 rings (SSSR count). The number of nitro benzene ring substituents is 1. The number of hydrogen-bond acceptors (Lipinski definition) is 3. The van der Waals surface area contributed by atoms with Crippen LogP contribution in [0.1, 0.15) is 18.4 Å². The fourth-order valence-electron chi connectivity index (χ4n) is 1.15. The van der Waals surface area contributed by atoms with E-state index in [-0.39, 0.29) is 17.4 Å². The molecule has 1 N–H and O–H groups in total. The fourth-order valence-corrected chi connectivity index (χ4v) is 1.15. The van der Waals surface area contributed by atoms with Gasteiger partial charge in [0.25, 0.3) is 0 Å². The minimum Gasteiger partial charge on any atom is -0.502 e. The minimum atomic E-state index is -0.591. The number of nitrogens with zero attached hydrogens (tertiary/aromatic N) is 1. The normalized spacial score (nSPS) is 10.4. The highest BCUT2D eigenvalue weighted by molar-refractivity contribution is 5.53. The zero-order valence-electron chi connectivity index (χ0n) is 7.23. The first-order chi connectivity index (χ1) is 6.04. The highest BCUT2D eigenvalue weighted by Crippen LogP contribution is 2.33. The summed E-state index contributed by atoms with van der Waals surface area (Å²) in [5, 5.41) is 19.8. The third kappa shape index (κ3) is 1.77. The van der Waals surface area contributed by atoms with Gasteiger partial charge in [0.15, 0.2) is 5.75 Å². The van der Waals surface area contributed by atoms with E-state index >= 15 is 0 Å². The molecule has 0 aliphatic carbocycles. The van der Waals surface area contributed by atoms with Crippen molar-refractivity contribution >= 4 is 5.69 Å². The van der Waals surface area contributed by atoms with Crippen molar-refractivity contribution in [3.8, 4) is 5.75 Å². The molecular weight excluding hydrogens is 170 g/mol. The fraction of sp³-hybridized carbons (Fsp3) is 0.222. The molecule has 0 fully saturated rings. The molecule has 0 saturated carbocycles. The molecule has 13 heavy (non-hydrogen) atoms. The molecule has 4 nitrogen and oxygen atoms in total.